The second-order valence-electron chi connectivity index (χ2n) is 7.05. The number of piperidine rings is 1. The molecule has 4 nitrogen and oxygen atoms in total. The fourth-order valence-corrected chi connectivity index (χ4v) is 4.49. The highest BCUT2D eigenvalue weighted by Gasteiger charge is 2.40. The molecule has 0 aromatic heterocycles. The van der Waals surface area contributed by atoms with E-state index in [-0.39, 0.29) is 30.1 Å². The number of hydrogen-bond acceptors (Lipinski definition) is 3. The number of carbonyl (C=O) groups excluding carboxylic acids is 3. The molecule has 1 heterocycles. The summed E-state index contributed by atoms with van der Waals surface area (Å²) < 4.78 is 0. The number of nitrogens with zero attached hydrogens (tertiary/aromatic N) is 1. The highest BCUT2D eigenvalue weighted by Crippen LogP contribution is 2.45. The zero-order valence-corrected chi connectivity index (χ0v) is 18.1. The van der Waals surface area contributed by atoms with E-state index in [0.717, 1.165) is 29.8 Å². The van der Waals surface area contributed by atoms with Crippen LogP contribution in [-0.2, 0) is 14.4 Å². The van der Waals surface area contributed by atoms with Gasteiger partial charge in [0.1, 0.15) is 0 Å². The predicted molar refractivity (Wildman–Crippen MR) is 114 cm³/mol. The summed E-state index contributed by atoms with van der Waals surface area (Å²) in [5.41, 5.74) is 2.33. The molecule has 2 aromatic carbocycles. The van der Waals surface area contributed by atoms with Crippen molar-refractivity contribution in [1.82, 2.24) is 4.90 Å². The maximum absolute atomic E-state index is 12.9. The highest BCUT2D eigenvalue weighted by molar-refractivity contribution is 6.30. The molecule has 1 saturated heterocycles. The molecule has 0 bridgehead atoms. The van der Waals surface area contributed by atoms with Gasteiger partial charge in [-0.05, 0) is 54.7 Å². The van der Waals surface area contributed by atoms with Crippen LogP contribution in [0.1, 0.15) is 62.6 Å². The molecule has 2 aromatic rings. The Bertz CT molecular complexity index is 843. The van der Waals surface area contributed by atoms with Crippen molar-refractivity contribution >= 4 is 35.3 Å². The van der Waals surface area contributed by atoms with Gasteiger partial charge in [-0.1, -0.05) is 61.3 Å². The lowest BCUT2D eigenvalue weighted by molar-refractivity contribution is -0.191. The summed E-state index contributed by atoms with van der Waals surface area (Å²) >= 11 is 12.4. The minimum atomic E-state index is 0.0110. The third-order valence-corrected chi connectivity index (χ3v) is 5.95. The van der Waals surface area contributed by atoms with E-state index in [4.69, 9.17) is 32.8 Å². The number of halogens is 2. The monoisotopic (exact) mass is 433 g/mol. The summed E-state index contributed by atoms with van der Waals surface area (Å²) in [6.07, 6.45) is 3.57. The summed E-state index contributed by atoms with van der Waals surface area (Å²) in [5, 5.41) is 1.45. The minimum absolute atomic E-state index is 0.0110. The van der Waals surface area contributed by atoms with Crippen LogP contribution in [0.3, 0.4) is 0 Å². The molecular formula is C23H25Cl2NO3. The van der Waals surface area contributed by atoms with Crippen LogP contribution in [-0.4, -0.2) is 23.0 Å². The lowest BCUT2D eigenvalue weighted by atomic mass is 9.78. The van der Waals surface area contributed by atoms with Crippen LogP contribution in [0.5, 0.6) is 0 Å². The van der Waals surface area contributed by atoms with Gasteiger partial charge in [-0.25, -0.2) is 0 Å². The molecule has 0 aliphatic carbocycles. The van der Waals surface area contributed by atoms with Crippen LogP contribution >= 0.6 is 23.2 Å². The molecule has 0 spiro atoms. The van der Waals surface area contributed by atoms with E-state index in [1.807, 2.05) is 30.3 Å². The standard InChI is InChI=1S/C22H25Cl2NO.CO2/c1-3-19(4-2)25-21(26)13-12-20(16-6-5-7-18(24)14-16)22(25)15-8-10-17(23)11-9-15;2-1-3/h5-11,14,19-20,22H,3-4,12-13H2,1-2H3;/t20-,22-;/m1./s1. The van der Waals surface area contributed by atoms with E-state index in [1.54, 1.807) is 0 Å². The van der Waals surface area contributed by atoms with Gasteiger partial charge in [-0.3, -0.25) is 4.79 Å². The van der Waals surface area contributed by atoms with E-state index < -0.39 is 0 Å². The summed E-state index contributed by atoms with van der Waals surface area (Å²) in [7, 11) is 0. The van der Waals surface area contributed by atoms with Crippen LogP contribution in [0, 0.1) is 0 Å². The van der Waals surface area contributed by atoms with E-state index in [1.165, 1.54) is 5.56 Å². The maximum atomic E-state index is 12.9. The molecule has 154 valence electrons. The normalized spacial score (nSPS) is 18.8. The van der Waals surface area contributed by atoms with Crippen LogP contribution in [0.2, 0.25) is 10.0 Å². The number of benzene rings is 2. The SMILES string of the molecule is CCC(CC)N1C(=O)CC[C@H](c2cccc(Cl)c2)[C@H]1c1ccc(Cl)cc1.O=C=O. The Labute approximate surface area is 181 Å². The largest absolute Gasteiger partial charge is 0.373 e. The predicted octanol–water partition coefficient (Wildman–Crippen LogP) is 6.05. The molecular weight excluding hydrogens is 409 g/mol. The van der Waals surface area contributed by atoms with Gasteiger partial charge in [0.15, 0.2) is 0 Å². The Morgan fingerprint density at radius 1 is 1.00 bits per heavy atom. The van der Waals surface area contributed by atoms with Crippen LogP contribution in [0.4, 0.5) is 0 Å². The first-order valence-electron chi connectivity index (χ1n) is 9.78. The van der Waals surface area contributed by atoms with Crippen LogP contribution in [0.25, 0.3) is 0 Å². The molecule has 0 saturated carbocycles. The number of rotatable bonds is 5. The van der Waals surface area contributed by atoms with Crippen molar-refractivity contribution in [2.45, 2.75) is 57.5 Å². The molecule has 0 radical (unpaired) electrons. The average molecular weight is 434 g/mol. The molecule has 3 rings (SSSR count). The third kappa shape index (κ3) is 5.70. The molecule has 1 aliphatic rings. The number of amides is 1. The smallest absolute Gasteiger partial charge is 0.332 e. The molecule has 2 atom stereocenters. The van der Waals surface area contributed by atoms with Crippen molar-refractivity contribution < 1.29 is 14.4 Å². The second-order valence-corrected chi connectivity index (χ2v) is 7.92. The van der Waals surface area contributed by atoms with Gasteiger partial charge in [0.2, 0.25) is 5.91 Å². The fourth-order valence-electron chi connectivity index (χ4n) is 4.17. The van der Waals surface area contributed by atoms with Crippen molar-refractivity contribution in [3.8, 4) is 0 Å². The summed E-state index contributed by atoms with van der Waals surface area (Å²) in [4.78, 5) is 31.3. The van der Waals surface area contributed by atoms with E-state index in [2.05, 4.69) is 36.9 Å². The Morgan fingerprint density at radius 2 is 1.62 bits per heavy atom. The lowest BCUT2D eigenvalue weighted by Gasteiger charge is -2.45. The molecule has 0 unspecified atom stereocenters. The van der Waals surface area contributed by atoms with Crippen molar-refractivity contribution in [1.29, 1.82) is 0 Å². The fraction of sp³-hybridized carbons (Fsp3) is 0.391. The summed E-state index contributed by atoms with van der Waals surface area (Å²) in [5.74, 6) is 0.477. The Morgan fingerprint density at radius 3 is 2.17 bits per heavy atom. The first-order valence-corrected chi connectivity index (χ1v) is 10.5. The van der Waals surface area contributed by atoms with Gasteiger partial charge in [-0.2, -0.15) is 9.59 Å². The van der Waals surface area contributed by atoms with Crippen molar-refractivity contribution in [3.05, 3.63) is 69.7 Å². The topological polar surface area (TPSA) is 54.5 Å². The molecule has 1 amide bonds. The van der Waals surface area contributed by atoms with Gasteiger partial charge in [-0.15, -0.1) is 0 Å². The number of carbonyl (C=O) groups is 1. The van der Waals surface area contributed by atoms with Crippen molar-refractivity contribution in [2.75, 3.05) is 0 Å². The van der Waals surface area contributed by atoms with E-state index in [9.17, 15) is 4.79 Å². The molecule has 0 N–H and O–H groups in total. The van der Waals surface area contributed by atoms with Crippen LogP contribution in [0.15, 0.2) is 48.5 Å². The van der Waals surface area contributed by atoms with E-state index >= 15 is 0 Å². The van der Waals surface area contributed by atoms with Gasteiger partial charge in [0.25, 0.3) is 0 Å². The van der Waals surface area contributed by atoms with Gasteiger partial charge >= 0.3 is 6.15 Å². The van der Waals surface area contributed by atoms with Crippen molar-refractivity contribution in [2.24, 2.45) is 0 Å². The van der Waals surface area contributed by atoms with Gasteiger partial charge < -0.3 is 4.90 Å². The quantitative estimate of drug-likeness (QED) is 0.576. The highest BCUT2D eigenvalue weighted by atomic mass is 35.5. The first kappa shape index (κ1) is 23.2. The number of hydrogen-bond donors (Lipinski definition) is 0. The Hall–Kier alpha value is -2.13. The van der Waals surface area contributed by atoms with Crippen molar-refractivity contribution in [3.63, 3.8) is 0 Å². The molecule has 1 aliphatic heterocycles. The van der Waals surface area contributed by atoms with Gasteiger partial charge in [0.05, 0.1) is 6.04 Å². The molecule has 29 heavy (non-hydrogen) atoms. The average Bonchev–Trinajstić information content (AvgIpc) is 2.71. The maximum Gasteiger partial charge on any atom is 0.373 e. The zero-order chi connectivity index (χ0) is 21.4. The Balaban J connectivity index is 0.000000941. The molecule has 6 heteroatoms. The molecule has 1 fully saturated rings. The minimum Gasteiger partial charge on any atom is -0.332 e. The van der Waals surface area contributed by atoms with E-state index in [0.29, 0.717) is 11.4 Å². The number of likely N-dealkylation sites (tertiary alicyclic amines) is 1. The Kier molecular flexibility index (Phi) is 8.91. The lowest BCUT2D eigenvalue weighted by Crippen LogP contribution is -2.47. The van der Waals surface area contributed by atoms with Gasteiger partial charge in [0, 0.05) is 28.4 Å². The second kappa shape index (κ2) is 11.2. The first-order chi connectivity index (χ1) is 14.0. The zero-order valence-electron chi connectivity index (χ0n) is 16.6. The van der Waals surface area contributed by atoms with Crippen LogP contribution < -0.4 is 0 Å². The third-order valence-electron chi connectivity index (χ3n) is 5.46. The summed E-state index contributed by atoms with van der Waals surface area (Å²) in [6, 6.07) is 16.2. The summed E-state index contributed by atoms with van der Waals surface area (Å²) in [6.45, 7) is 4.31.